The van der Waals surface area contributed by atoms with E-state index >= 15 is 0 Å². The number of anilines is 1. The molecule has 1 aromatic rings. The van der Waals surface area contributed by atoms with Gasteiger partial charge in [-0.3, -0.25) is 4.99 Å². The van der Waals surface area contributed by atoms with Gasteiger partial charge in [-0.15, -0.1) is 24.0 Å². The second-order valence-electron chi connectivity index (χ2n) is 5.91. The molecule has 1 rings (SSSR count). The van der Waals surface area contributed by atoms with Gasteiger partial charge < -0.3 is 15.8 Å². The summed E-state index contributed by atoms with van der Waals surface area (Å²) in [6.45, 7) is 9.26. The van der Waals surface area contributed by atoms with Gasteiger partial charge >= 0.3 is 0 Å². The fourth-order valence-electron chi connectivity index (χ4n) is 1.76. The standard InChI is InChI=1S/C17H29N3OS.HI/c1-13(2)12-22-11-5-10-19-17(18)20-15-6-8-16(9-7-15)21-14(3)4;/h6-9,13-14H,5,10-12H2,1-4H3,(H3,18,19,20);1H. The first-order valence-electron chi connectivity index (χ1n) is 7.88. The van der Waals surface area contributed by atoms with Crippen LogP contribution in [0, 0.1) is 5.92 Å². The minimum Gasteiger partial charge on any atom is -0.491 e. The molecule has 23 heavy (non-hydrogen) atoms. The third kappa shape index (κ3) is 11.5. The molecular weight excluding hydrogens is 421 g/mol. The summed E-state index contributed by atoms with van der Waals surface area (Å²) in [5.41, 5.74) is 6.81. The maximum atomic E-state index is 5.89. The van der Waals surface area contributed by atoms with Gasteiger partial charge in [-0.1, -0.05) is 13.8 Å². The minimum atomic E-state index is 0. The molecule has 0 aliphatic rings. The van der Waals surface area contributed by atoms with Crippen LogP contribution in [-0.2, 0) is 0 Å². The van der Waals surface area contributed by atoms with Crippen molar-refractivity contribution in [2.24, 2.45) is 16.6 Å². The molecule has 0 saturated heterocycles. The molecule has 6 heteroatoms. The molecule has 0 fully saturated rings. The van der Waals surface area contributed by atoms with Crippen molar-refractivity contribution < 1.29 is 4.74 Å². The van der Waals surface area contributed by atoms with Gasteiger partial charge in [0, 0.05) is 12.2 Å². The maximum Gasteiger partial charge on any atom is 0.193 e. The number of halogens is 1. The Labute approximate surface area is 162 Å². The Hall–Kier alpha value is -0.630. The predicted molar refractivity (Wildman–Crippen MR) is 115 cm³/mol. The number of nitrogens with one attached hydrogen (secondary N) is 1. The van der Waals surface area contributed by atoms with Crippen LogP contribution < -0.4 is 15.8 Å². The quantitative estimate of drug-likeness (QED) is 0.249. The molecule has 0 bridgehead atoms. The van der Waals surface area contributed by atoms with Crippen molar-refractivity contribution in [1.29, 1.82) is 0 Å². The van der Waals surface area contributed by atoms with Gasteiger partial charge in [0.15, 0.2) is 5.96 Å². The van der Waals surface area contributed by atoms with Crippen LogP contribution >= 0.6 is 35.7 Å². The summed E-state index contributed by atoms with van der Waals surface area (Å²) in [5.74, 6) is 4.42. The van der Waals surface area contributed by atoms with Crippen molar-refractivity contribution in [2.75, 3.05) is 23.4 Å². The van der Waals surface area contributed by atoms with Crippen molar-refractivity contribution >= 4 is 47.4 Å². The highest BCUT2D eigenvalue weighted by molar-refractivity contribution is 14.0. The number of rotatable bonds is 9. The van der Waals surface area contributed by atoms with E-state index in [1.54, 1.807) is 0 Å². The number of benzene rings is 1. The monoisotopic (exact) mass is 451 g/mol. The topological polar surface area (TPSA) is 59.6 Å². The summed E-state index contributed by atoms with van der Waals surface area (Å²) in [5, 5.41) is 3.10. The number of nitrogens with zero attached hydrogens (tertiary/aromatic N) is 1. The SMILES string of the molecule is CC(C)CSCCCN=C(N)Nc1ccc(OC(C)C)cc1.I. The normalized spacial score (nSPS) is 11.5. The number of hydrogen-bond donors (Lipinski definition) is 2. The first-order chi connectivity index (χ1) is 10.5. The summed E-state index contributed by atoms with van der Waals surface area (Å²) in [6, 6.07) is 7.74. The minimum absolute atomic E-state index is 0. The molecule has 0 unspecified atom stereocenters. The van der Waals surface area contributed by atoms with Crippen LogP contribution in [0.3, 0.4) is 0 Å². The zero-order valence-corrected chi connectivity index (χ0v) is 17.7. The zero-order chi connectivity index (χ0) is 16.4. The molecule has 0 amide bonds. The maximum absolute atomic E-state index is 5.89. The van der Waals surface area contributed by atoms with Gasteiger partial charge in [0.05, 0.1) is 6.10 Å². The van der Waals surface area contributed by atoms with Crippen LogP contribution in [0.15, 0.2) is 29.3 Å². The molecule has 0 atom stereocenters. The lowest BCUT2D eigenvalue weighted by atomic mass is 10.3. The molecular formula is C17H30IN3OS. The Morgan fingerprint density at radius 1 is 1.22 bits per heavy atom. The van der Waals surface area contributed by atoms with E-state index in [0.29, 0.717) is 5.96 Å². The Balaban J connectivity index is 0.00000484. The van der Waals surface area contributed by atoms with Gasteiger partial charge in [-0.2, -0.15) is 11.8 Å². The van der Waals surface area contributed by atoms with Gasteiger partial charge in [-0.25, -0.2) is 0 Å². The summed E-state index contributed by atoms with van der Waals surface area (Å²) < 4.78 is 5.60. The number of hydrogen-bond acceptors (Lipinski definition) is 3. The number of thioether (sulfide) groups is 1. The van der Waals surface area contributed by atoms with Crippen LogP contribution in [0.4, 0.5) is 5.69 Å². The molecule has 0 aliphatic heterocycles. The van der Waals surface area contributed by atoms with Crippen molar-refractivity contribution in [2.45, 2.75) is 40.2 Å². The first kappa shape index (κ1) is 22.4. The van der Waals surface area contributed by atoms with Crippen molar-refractivity contribution in [1.82, 2.24) is 0 Å². The van der Waals surface area contributed by atoms with Crippen LogP contribution in [0.1, 0.15) is 34.1 Å². The fraction of sp³-hybridized carbons (Fsp3) is 0.588. The molecule has 3 N–H and O–H groups in total. The van der Waals surface area contributed by atoms with Crippen LogP contribution in [0.25, 0.3) is 0 Å². The second kappa shape index (κ2) is 12.8. The van der Waals surface area contributed by atoms with Crippen LogP contribution in [0.2, 0.25) is 0 Å². The third-order valence-corrected chi connectivity index (χ3v) is 4.16. The van der Waals surface area contributed by atoms with Crippen molar-refractivity contribution in [3.63, 3.8) is 0 Å². The van der Waals surface area contributed by atoms with E-state index in [1.165, 1.54) is 5.75 Å². The lowest BCUT2D eigenvalue weighted by molar-refractivity contribution is 0.242. The first-order valence-corrected chi connectivity index (χ1v) is 9.04. The number of ether oxygens (including phenoxy) is 1. The summed E-state index contributed by atoms with van der Waals surface area (Å²) in [4.78, 5) is 4.35. The van der Waals surface area contributed by atoms with Gasteiger partial charge in [0.2, 0.25) is 0 Å². The Kier molecular flexibility index (Phi) is 12.4. The predicted octanol–water partition coefficient (Wildman–Crippen LogP) is 4.60. The van der Waals surface area contributed by atoms with Gasteiger partial charge in [-0.05, 0) is 62.0 Å². The largest absolute Gasteiger partial charge is 0.491 e. The summed E-state index contributed by atoms with van der Waals surface area (Å²) in [7, 11) is 0. The fourth-order valence-corrected chi connectivity index (χ4v) is 2.73. The lowest BCUT2D eigenvalue weighted by Crippen LogP contribution is -2.22. The molecule has 132 valence electrons. The molecule has 0 aliphatic carbocycles. The van der Waals surface area contributed by atoms with E-state index in [9.17, 15) is 0 Å². The molecule has 0 heterocycles. The smallest absolute Gasteiger partial charge is 0.193 e. The third-order valence-electron chi connectivity index (χ3n) is 2.68. The summed E-state index contributed by atoms with van der Waals surface area (Å²) in [6.07, 6.45) is 1.24. The highest BCUT2D eigenvalue weighted by Crippen LogP contribution is 2.16. The zero-order valence-electron chi connectivity index (χ0n) is 14.5. The van der Waals surface area contributed by atoms with E-state index in [0.717, 1.165) is 36.1 Å². The lowest BCUT2D eigenvalue weighted by Gasteiger charge is -2.11. The van der Waals surface area contributed by atoms with E-state index in [4.69, 9.17) is 10.5 Å². The van der Waals surface area contributed by atoms with E-state index < -0.39 is 0 Å². The second-order valence-corrected chi connectivity index (χ2v) is 7.06. The Bertz CT molecular complexity index is 450. The molecule has 4 nitrogen and oxygen atoms in total. The average molecular weight is 451 g/mol. The average Bonchev–Trinajstić information content (AvgIpc) is 2.44. The highest BCUT2D eigenvalue weighted by atomic mass is 127. The highest BCUT2D eigenvalue weighted by Gasteiger charge is 1.99. The van der Waals surface area contributed by atoms with E-state index in [2.05, 4.69) is 24.2 Å². The Morgan fingerprint density at radius 3 is 2.43 bits per heavy atom. The number of aliphatic imine (C=N–C) groups is 1. The number of nitrogens with two attached hydrogens (primary N) is 1. The van der Waals surface area contributed by atoms with E-state index in [1.807, 2.05) is 49.9 Å². The number of guanidine groups is 1. The Morgan fingerprint density at radius 2 is 1.87 bits per heavy atom. The molecule has 0 spiro atoms. The van der Waals surface area contributed by atoms with E-state index in [-0.39, 0.29) is 30.1 Å². The van der Waals surface area contributed by atoms with Crippen LogP contribution in [0.5, 0.6) is 5.75 Å². The molecule has 0 aromatic heterocycles. The summed E-state index contributed by atoms with van der Waals surface area (Å²) >= 11 is 1.98. The van der Waals surface area contributed by atoms with Crippen LogP contribution in [-0.4, -0.2) is 30.1 Å². The molecule has 0 saturated carbocycles. The van der Waals surface area contributed by atoms with Gasteiger partial charge in [0.1, 0.15) is 5.75 Å². The van der Waals surface area contributed by atoms with Crippen molar-refractivity contribution in [3.8, 4) is 5.75 Å². The molecule has 1 aromatic carbocycles. The van der Waals surface area contributed by atoms with Gasteiger partial charge in [0.25, 0.3) is 0 Å². The molecule has 0 radical (unpaired) electrons. The van der Waals surface area contributed by atoms with Crippen molar-refractivity contribution in [3.05, 3.63) is 24.3 Å².